The fourth-order valence-corrected chi connectivity index (χ4v) is 2.59. The molecule has 1 aliphatic heterocycles. The van der Waals surface area contributed by atoms with Crippen molar-refractivity contribution >= 4 is 0 Å². The zero-order chi connectivity index (χ0) is 15.4. The lowest BCUT2D eigenvalue weighted by Gasteiger charge is -2.20. The molecule has 2 aromatic carbocycles. The van der Waals surface area contributed by atoms with Gasteiger partial charge in [-0.25, -0.2) is 0 Å². The van der Waals surface area contributed by atoms with Crippen LogP contribution in [0.5, 0.6) is 17.2 Å². The zero-order valence-corrected chi connectivity index (χ0v) is 12.7. The van der Waals surface area contributed by atoms with E-state index in [1.165, 1.54) is 0 Å². The lowest BCUT2D eigenvalue weighted by Crippen LogP contribution is -2.17. The maximum absolute atomic E-state index is 6.35. The third-order valence-electron chi connectivity index (χ3n) is 3.66. The van der Waals surface area contributed by atoms with Crippen molar-refractivity contribution in [3.05, 3.63) is 53.6 Å². The number of hydrogen-bond acceptors (Lipinski definition) is 4. The van der Waals surface area contributed by atoms with E-state index in [2.05, 4.69) is 6.07 Å². The molecule has 4 nitrogen and oxygen atoms in total. The molecular weight excluding hydrogens is 278 g/mol. The summed E-state index contributed by atoms with van der Waals surface area (Å²) in [6.45, 7) is 3.83. The van der Waals surface area contributed by atoms with Crippen molar-refractivity contribution in [2.24, 2.45) is 5.73 Å². The van der Waals surface area contributed by atoms with Crippen LogP contribution in [0.4, 0.5) is 0 Å². The predicted molar refractivity (Wildman–Crippen MR) is 85.7 cm³/mol. The van der Waals surface area contributed by atoms with Crippen LogP contribution < -0.4 is 19.9 Å². The van der Waals surface area contributed by atoms with Gasteiger partial charge in [0.25, 0.3) is 0 Å². The van der Waals surface area contributed by atoms with Gasteiger partial charge >= 0.3 is 0 Å². The Balaban J connectivity index is 1.74. The zero-order valence-electron chi connectivity index (χ0n) is 12.7. The minimum atomic E-state index is -0.0901. The first kappa shape index (κ1) is 14.7. The monoisotopic (exact) mass is 299 g/mol. The normalized spacial score (nSPS) is 14.5. The summed E-state index contributed by atoms with van der Waals surface area (Å²) in [6.07, 6.45) is 0.751. The van der Waals surface area contributed by atoms with Gasteiger partial charge in [0.1, 0.15) is 19.0 Å². The van der Waals surface area contributed by atoms with Crippen molar-refractivity contribution in [1.82, 2.24) is 0 Å². The van der Waals surface area contributed by atoms with Gasteiger partial charge in [-0.15, -0.1) is 0 Å². The Kier molecular flexibility index (Phi) is 4.49. The first-order chi connectivity index (χ1) is 10.8. The molecule has 1 heterocycles. The maximum atomic E-state index is 6.35. The van der Waals surface area contributed by atoms with E-state index in [0.29, 0.717) is 19.8 Å². The molecule has 0 spiro atoms. The van der Waals surface area contributed by atoms with Crippen LogP contribution in [-0.2, 0) is 6.42 Å². The van der Waals surface area contributed by atoms with Crippen molar-refractivity contribution in [3.8, 4) is 17.2 Å². The highest BCUT2D eigenvalue weighted by Crippen LogP contribution is 2.33. The fourth-order valence-electron chi connectivity index (χ4n) is 2.59. The molecular formula is C18H21NO3. The van der Waals surface area contributed by atoms with Crippen molar-refractivity contribution in [1.29, 1.82) is 0 Å². The molecule has 3 rings (SSSR count). The van der Waals surface area contributed by atoms with E-state index in [1.807, 2.05) is 43.3 Å². The second kappa shape index (κ2) is 6.71. The summed E-state index contributed by atoms with van der Waals surface area (Å²) >= 11 is 0. The van der Waals surface area contributed by atoms with Crippen molar-refractivity contribution in [3.63, 3.8) is 0 Å². The van der Waals surface area contributed by atoms with Gasteiger partial charge in [-0.3, -0.25) is 0 Å². The Morgan fingerprint density at radius 1 is 1.09 bits per heavy atom. The predicted octanol–water partition coefficient (Wildman–Crippen LogP) is 3.10. The van der Waals surface area contributed by atoms with Gasteiger partial charge < -0.3 is 19.9 Å². The van der Waals surface area contributed by atoms with E-state index in [9.17, 15) is 0 Å². The lowest BCUT2D eigenvalue weighted by molar-refractivity contribution is 0.171. The molecule has 2 N–H and O–H groups in total. The second-order valence-corrected chi connectivity index (χ2v) is 5.29. The van der Waals surface area contributed by atoms with Gasteiger partial charge in [0.05, 0.1) is 6.61 Å². The summed E-state index contributed by atoms with van der Waals surface area (Å²) in [5, 5.41) is 0. The third-order valence-corrected chi connectivity index (χ3v) is 3.66. The van der Waals surface area contributed by atoms with Gasteiger partial charge in [0.15, 0.2) is 11.5 Å². The quantitative estimate of drug-likeness (QED) is 0.921. The number of benzene rings is 2. The van der Waals surface area contributed by atoms with E-state index in [0.717, 1.165) is 34.8 Å². The molecule has 0 fully saturated rings. The Morgan fingerprint density at radius 2 is 1.91 bits per heavy atom. The molecule has 0 saturated heterocycles. The number of nitrogens with two attached hydrogens (primary N) is 1. The Morgan fingerprint density at radius 3 is 2.73 bits per heavy atom. The summed E-state index contributed by atoms with van der Waals surface area (Å²) in [5.41, 5.74) is 8.55. The van der Waals surface area contributed by atoms with Gasteiger partial charge in [-0.2, -0.15) is 0 Å². The van der Waals surface area contributed by atoms with Crippen molar-refractivity contribution in [2.45, 2.75) is 19.4 Å². The molecule has 1 atom stereocenters. The van der Waals surface area contributed by atoms with Crippen LogP contribution in [0.15, 0.2) is 42.5 Å². The van der Waals surface area contributed by atoms with Crippen LogP contribution in [-0.4, -0.2) is 19.8 Å². The molecule has 1 unspecified atom stereocenters. The number of hydrogen-bond donors (Lipinski definition) is 1. The van der Waals surface area contributed by atoms with Gasteiger partial charge in [-0.05, 0) is 48.7 Å². The molecule has 0 bridgehead atoms. The molecule has 0 aliphatic carbocycles. The SMILES string of the molecule is CCOc1cccc(CC(N)c2ccc3c(c2)OCCO3)c1. The van der Waals surface area contributed by atoms with Crippen LogP contribution >= 0.6 is 0 Å². The van der Waals surface area contributed by atoms with E-state index < -0.39 is 0 Å². The number of fused-ring (bicyclic) bond motifs is 1. The minimum Gasteiger partial charge on any atom is -0.494 e. The highest BCUT2D eigenvalue weighted by atomic mass is 16.6. The van der Waals surface area contributed by atoms with Crippen molar-refractivity contribution in [2.75, 3.05) is 19.8 Å². The van der Waals surface area contributed by atoms with Gasteiger partial charge in [0, 0.05) is 6.04 Å². The van der Waals surface area contributed by atoms with E-state index in [-0.39, 0.29) is 6.04 Å². The molecule has 2 aromatic rings. The van der Waals surface area contributed by atoms with Crippen LogP contribution in [0.1, 0.15) is 24.1 Å². The van der Waals surface area contributed by atoms with E-state index in [1.54, 1.807) is 0 Å². The van der Waals surface area contributed by atoms with E-state index >= 15 is 0 Å². The highest BCUT2D eigenvalue weighted by Gasteiger charge is 2.15. The first-order valence-electron chi connectivity index (χ1n) is 7.63. The molecule has 4 heteroatoms. The summed E-state index contributed by atoms with van der Waals surface area (Å²) in [5.74, 6) is 2.46. The van der Waals surface area contributed by atoms with Crippen LogP contribution in [0.25, 0.3) is 0 Å². The van der Waals surface area contributed by atoms with Gasteiger partial charge in [-0.1, -0.05) is 18.2 Å². The lowest BCUT2D eigenvalue weighted by atomic mass is 9.99. The van der Waals surface area contributed by atoms with E-state index in [4.69, 9.17) is 19.9 Å². The minimum absolute atomic E-state index is 0.0901. The second-order valence-electron chi connectivity index (χ2n) is 5.29. The number of ether oxygens (including phenoxy) is 3. The van der Waals surface area contributed by atoms with Crippen molar-refractivity contribution < 1.29 is 14.2 Å². The number of rotatable bonds is 5. The van der Waals surface area contributed by atoms with Crippen LogP contribution in [0, 0.1) is 0 Å². The average molecular weight is 299 g/mol. The topological polar surface area (TPSA) is 53.7 Å². The summed E-state index contributed by atoms with van der Waals surface area (Å²) in [4.78, 5) is 0. The first-order valence-corrected chi connectivity index (χ1v) is 7.63. The summed E-state index contributed by atoms with van der Waals surface area (Å²) in [6, 6.07) is 13.9. The maximum Gasteiger partial charge on any atom is 0.161 e. The standard InChI is InChI=1S/C18H21NO3/c1-2-20-15-5-3-4-13(10-15)11-16(19)14-6-7-17-18(12-14)22-9-8-21-17/h3-7,10,12,16H,2,8-9,11,19H2,1H3. The molecule has 1 aliphatic rings. The molecule has 0 aromatic heterocycles. The molecule has 0 saturated carbocycles. The third kappa shape index (κ3) is 3.34. The summed E-state index contributed by atoms with van der Waals surface area (Å²) in [7, 11) is 0. The summed E-state index contributed by atoms with van der Waals surface area (Å²) < 4.78 is 16.7. The fraction of sp³-hybridized carbons (Fsp3) is 0.333. The molecule has 0 amide bonds. The highest BCUT2D eigenvalue weighted by molar-refractivity contribution is 5.45. The molecule has 22 heavy (non-hydrogen) atoms. The largest absolute Gasteiger partial charge is 0.494 e. The Hall–Kier alpha value is -2.20. The van der Waals surface area contributed by atoms with Crippen LogP contribution in [0.3, 0.4) is 0 Å². The Labute approximate surface area is 130 Å². The smallest absolute Gasteiger partial charge is 0.161 e. The van der Waals surface area contributed by atoms with Gasteiger partial charge in [0.2, 0.25) is 0 Å². The van der Waals surface area contributed by atoms with Crippen LogP contribution in [0.2, 0.25) is 0 Å². The average Bonchev–Trinajstić information content (AvgIpc) is 2.55. The Bertz CT molecular complexity index is 642. The molecule has 116 valence electrons. The molecule has 0 radical (unpaired) electrons.